The van der Waals surface area contributed by atoms with Crippen molar-refractivity contribution in [2.24, 2.45) is 0 Å². The van der Waals surface area contributed by atoms with E-state index < -0.39 is 0 Å². The van der Waals surface area contributed by atoms with Crippen molar-refractivity contribution in [3.8, 4) is 0 Å². The summed E-state index contributed by atoms with van der Waals surface area (Å²) in [6.45, 7) is 0.536. The Kier molecular flexibility index (Phi) is 4.09. The summed E-state index contributed by atoms with van der Waals surface area (Å²) >= 11 is 3.25. The molecule has 0 aliphatic carbocycles. The van der Waals surface area contributed by atoms with Crippen molar-refractivity contribution >= 4 is 21.8 Å². The number of halogens is 2. The van der Waals surface area contributed by atoms with Gasteiger partial charge >= 0.3 is 0 Å². The number of carbonyl (C=O) groups excluding carboxylic acids is 1. The number of rotatable bonds is 4. The predicted molar refractivity (Wildman–Crippen MR) is 68.2 cm³/mol. The van der Waals surface area contributed by atoms with E-state index in [1.165, 1.54) is 16.8 Å². The monoisotopic (exact) mass is 311 g/mol. The zero-order valence-electron chi connectivity index (χ0n) is 9.44. The molecule has 18 heavy (non-hydrogen) atoms. The normalized spacial score (nSPS) is 10.3. The molecule has 1 amide bonds. The number of hydrogen-bond donors (Lipinski definition) is 1. The molecule has 94 valence electrons. The van der Waals surface area contributed by atoms with Gasteiger partial charge in [0.25, 0.3) is 0 Å². The molecule has 2 rings (SSSR count). The third-order valence-corrected chi connectivity index (χ3v) is 2.72. The van der Waals surface area contributed by atoms with Gasteiger partial charge in [0.2, 0.25) is 5.91 Å². The largest absolute Gasteiger partial charge is 0.350 e. The van der Waals surface area contributed by atoms with Crippen LogP contribution >= 0.6 is 15.9 Å². The maximum absolute atomic E-state index is 12.7. The molecule has 0 aliphatic heterocycles. The molecule has 2 aromatic rings. The second-order valence-electron chi connectivity index (χ2n) is 3.76. The highest BCUT2D eigenvalue weighted by Crippen LogP contribution is 2.06. The fourth-order valence-electron chi connectivity index (χ4n) is 1.43. The minimum atomic E-state index is -0.286. The quantitative estimate of drug-likeness (QED) is 0.940. The smallest absolute Gasteiger partial charge is 0.241 e. The van der Waals surface area contributed by atoms with Crippen LogP contribution in [0.4, 0.5) is 4.39 Å². The first-order valence-corrected chi connectivity index (χ1v) is 6.12. The molecule has 1 N–H and O–H groups in total. The fraction of sp³-hybridized carbons (Fsp3) is 0.167. The Morgan fingerprint density at radius 3 is 2.72 bits per heavy atom. The zero-order chi connectivity index (χ0) is 13.0. The van der Waals surface area contributed by atoms with Crippen molar-refractivity contribution in [2.75, 3.05) is 0 Å². The molecule has 0 radical (unpaired) electrons. The highest BCUT2D eigenvalue weighted by molar-refractivity contribution is 9.10. The number of hydrogen-bond acceptors (Lipinski definition) is 2. The molecule has 1 aromatic carbocycles. The van der Waals surface area contributed by atoms with Gasteiger partial charge in [-0.15, -0.1) is 0 Å². The molecule has 6 heteroatoms. The molecular formula is C12H11BrFN3O. The van der Waals surface area contributed by atoms with E-state index in [0.717, 1.165) is 10.0 Å². The van der Waals surface area contributed by atoms with Crippen LogP contribution in [-0.4, -0.2) is 15.7 Å². The van der Waals surface area contributed by atoms with E-state index in [1.54, 1.807) is 24.5 Å². The van der Waals surface area contributed by atoms with Gasteiger partial charge in [-0.1, -0.05) is 12.1 Å². The Labute approximate surface area is 112 Å². The van der Waals surface area contributed by atoms with Crippen LogP contribution in [0.3, 0.4) is 0 Å². The van der Waals surface area contributed by atoms with Gasteiger partial charge in [-0.3, -0.25) is 9.48 Å². The van der Waals surface area contributed by atoms with Crippen LogP contribution in [0.15, 0.2) is 41.1 Å². The van der Waals surface area contributed by atoms with Gasteiger partial charge in [0.1, 0.15) is 12.4 Å². The highest BCUT2D eigenvalue weighted by atomic mass is 79.9. The predicted octanol–water partition coefficient (Wildman–Crippen LogP) is 2.10. The summed E-state index contributed by atoms with van der Waals surface area (Å²) in [5.41, 5.74) is 0.853. The van der Waals surface area contributed by atoms with Crippen LogP contribution in [0, 0.1) is 5.82 Å². The van der Waals surface area contributed by atoms with Crippen LogP contribution in [0.2, 0.25) is 0 Å². The minimum absolute atomic E-state index is 0.144. The lowest BCUT2D eigenvalue weighted by Crippen LogP contribution is -2.27. The van der Waals surface area contributed by atoms with Gasteiger partial charge in [0.15, 0.2) is 0 Å². The molecule has 0 aliphatic rings. The Hall–Kier alpha value is -1.69. The van der Waals surface area contributed by atoms with Crippen LogP contribution in [0.1, 0.15) is 5.56 Å². The Morgan fingerprint density at radius 2 is 2.11 bits per heavy atom. The molecular weight excluding hydrogens is 301 g/mol. The fourth-order valence-corrected chi connectivity index (χ4v) is 1.76. The second-order valence-corrected chi connectivity index (χ2v) is 4.68. The topological polar surface area (TPSA) is 46.9 Å². The summed E-state index contributed by atoms with van der Waals surface area (Å²) in [5, 5.41) is 6.72. The van der Waals surface area contributed by atoms with Crippen LogP contribution in [-0.2, 0) is 17.9 Å². The highest BCUT2D eigenvalue weighted by Gasteiger charge is 2.04. The van der Waals surface area contributed by atoms with Crippen molar-refractivity contribution in [3.05, 3.63) is 52.5 Å². The summed E-state index contributed by atoms with van der Waals surface area (Å²) in [6, 6.07) is 6.01. The van der Waals surface area contributed by atoms with E-state index in [0.29, 0.717) is 6.54 Å². The van der Waals surface area contributed by atoms with Gasteiger partial charge in [0, 0.05) is 12.7 Å². The van der Waals surface area contributed by atoms with Crippen LogP contribution in [0.25, 0.3) is 0 Å². The molecule has 0 bridgehead atoms. The van der Waals surface area contributed by atoms with Crippen molar-refractivity contribution in [1.82, 2.24) is 15.1 Å². The number of nitrogens with one attached hydrogen (secondary N) is 1. The summed E-state index contributed by atoms with van der Waals surface area (Å²) in [5.74, 6) is -0.429. The lowest BCUT2D eigenvalue weighted by molar-refractivity contribution is -0.122. The third kappa shape index (κ3) is 3.66. The Balaban J connectivity index is 1.83. The van der Waals surface area contributed by atoms with Crippen molar-refractivity contribution in [3.63, 3.8) is 0 Å². The van der Waals surface area contributed by atoms with Crippen LogP contribution < -0.4 is 5.32 Å². The number of nitrogens with zero attached hydrogens (tertiary/aromatic N) is 2. The van der Waals surface area contributed by atoms with Gasteiger partial charge in [0.05, 0.1) is 10.7 Å². The summed E-state index contributed by atoms with van der Waals surface area (Å²) in [6.07, 6.45) is 3.34. The van der Waals surface area contributed by atoms with E-state index in [1.807, 2.05) is 0 Å². The van der Waals surface area contributed by atoms with E-state index in [9.17, 15) is 9.18 Å². The minimum Gasteiger partial charge on any atom is -0.350 e. The first kappa shape index (κ1) is 12.8. The third-order valence-electron chi connectivity index (χ3n) is 2.31. The molecule has 1 heterocycles. The summed E-state index contributed by atoms with van der Waals surface area (Å²) in [7, 11) is 0. The SMILES string of the molecule is O=C(Cn1cc(Br)cn1)NCc1ccc(F)cc1. The molecule has 4 nitrogen and oxygen atoms in total. The standard InChI is InChI=1S/C12H11BrFN3O/c13-10-6-16-17(7-10)8-12(18)15-5-9-1-3-11(14)4-2-9/h1-4,6-7H,5,8H2,(H,15,18). The Bertz CT molecular complexity index is 539. The van der Waals surface area contributed by atoms with Crippen molar-refractivity contribution < 1.29 is 9.18 Å². The number of carbonyl (C=O) groups is 1. The number of amides is 1. The Morgan fingerprint density at radius 1 is 1.39 bits per heavy atom. The van der Waals surface area contributed by atoms with E-state index in [-0.39, 0.29) is 18.3 Å². The van der Waals surface area contributed by atoms with Crippen LogP contribution in [0.5, 0.6) is 0 Å². The van der Waals surface area contributed by atoms with Gasteiger partial charge in [-0.25, -0.2) is 4.39 Å². The average Bonchev–Trinajstić information content (AvgIpc) is 2.74. The van der Waals surface area contributed by atoms with Crippen molar-refractivity contribution in [1.29, 1.82) is 0 Å². The maximum Gasteiger partial charge on any atom is 0.241 e. The molecule has 0 unspecified atom stereocenters. The van der Waals surface area contributed by atoms with E-state index >= 15 is 0 Å². The van der Waals surface area contributed by atoms with E-state index in [2.05, 4.69) is 26.3 Å². The first-order chi connectivity index (χ1) is 8.63. The molecule has 0 atom stereocenters. The molecule has 0 saturated heterocycles. The van der Waals surface area contributed by atoms with E-state index in [4.69, 9.17) is 0 Å². The second kappa shape index (κ2) is 5.77. The molecule has 1 aromatic heterocycles. The first-order valence-electron chi connectivity index (χ1n) is 5.32. The van der Waals surface area contributed by atoms with Gasteiger partial charge in [-0.2, -0.15) is 5.10 Å². The number of aromatic nitrogens is 2. The lowest BCUT2D eigenvalue weighted by Gasteiger charge is -2.05. The lowest BCUT2D eigenvalue weighted by atomic mass is 10.2. The molecule has 0 spiro atoms. The molecule has 0 saturated carbocycles. The zero-order valence-corrected chi connectivity index (χ0v) is 11.0. The summed E-state index contributed by atoms with van der Waals surface area (Å²) in [4.78, 5) is 11.6. The van der Waals surface area contributed by atoms with Gasteiger partial charge < -0.3 is 5.32 Å². The van der Waals surface area contributed by atoms with Gasteiger partial charge in [-0.05, 0) is 33.6 Å². The number of benzene rings is 1. The molecule has 0 fully saturated rings. The maximum atomic E-state index is 12.7. The average molecular weight is 312 g/mol. The summed E-state index contributed by atoms with van der Waals surface area (Å²) < 4.78 is 15.0. The van der Waals surface area contributed by atoms with Crippen molar-refractivity contribution in [2.45, 2.75) is 13.1 Å².